The summed E-state index contributed by atoms with van der Waals surface area (Å²) in [5.41, 5.74) is 0.0925. The van der Waals surface area contributed by atoms with Crippen molar-refractivity contribution in [3.63, 3.8) is 0 Å². The molecule has 1 fully saturated rings. The Kier molecular flexibility index (Phi) is 4.59. The van der Waals surface area contributed by atoms with Crippen molar-refractivity contribution in [2.75, 3.05) is 18.9 Å². The van der Waals surface area contributed by atoms with E-state index >= 15 is 0 Å². The largest absolute Gasteiger partial charge is 0.496 e. The fraction of sp³-hybridized carbons (Fsp3) is 0.438. The van der Waals surface area contributed by atoms with Gasteiger partial charge in [0.2, 0.25) is 0 Å². The maximum absolute atomic E-state index is 14.1. The highest BCUT2D eigenvalue weighted by Crippen LogP contribution is 2.37. The Morgan fingerprint density at radius 2 is 2.22 bits per heavy atom. The number of rotatable bonds is 2. The summed E-state index contributed by atoms with van der Waals surface area (Å²) in [6.07, 6.45) is -0.578. The molecule has 0 bridgehead atoms. The number of ether oxygens (including phenoxy) is 1. The summed E-state index contributed by atoms with van der Waals surface area (Å²) < 4.78 is 32.9. The molecule has 23 heavy (non-hydrogen) atoms. The van der Waals surface area contributed by atoms with Gasteiger partial charge in [-0.2, -0.15) is 0 Å². The zero-order chi connectivity index (χ0) is 16.6. The van der Waals surface area contributed by atoms with Crippen LogP contribution in [0.1, 0.15) is 24.9 Å². The Morgan fingerprint density at radius 3 is 2.96 bits per heavy atom. The van der Waals surface area contributed by atoms with Gasteiger partial charge in [0.05, 0.1) is 18.8 Å². The predicted octanol–water partition coefficient (Wildman–Crippen LogP) is 2.59. The molecule has 4 nitrogen and oxygen atoms in total. The number of aliphatic hydroxyl groups is 1. The molecule has 1 N–H and O–H groups in total. The molecular weight excluding hydrogens is 324 g/mol. The molecule has 0 aromatic heterocycles. The highest BCUT2D eigenvalue weighted by Gasteiger charge is 2.39. The lowest BCUT2D eigenvalue weighted by atomic mass is 10.0. The summed E-state index contributed by atoms with van der Waals surface area (Å²) >= 11 is 1.39. The van der Waals surface area contributed by atoms with Crippen molar-refractivity contribution >= 4 is 17.7 Å². The van der Waals surface area contributed by atoms with E-state index in [0.29, 0.717) is 23.0 Å². The lowest BCUT2D eigenvalue weighted by molar-refractivity contribution is -0.127. The van der Waals surface area contributed by atoms with Gasteiger partial charge in [0.15, 0.2) is 0 Å². The van der Waals surface area contributed by atoms with E-state index in [9.17, 15) is 18.7 Å². The van der Waals surface area contributed by atoms with E-state index in [1.165, 1.54) is 16.7 Å². The highest BCUT2D eigenvalue weighted by atomic mass is 32.2. The molecule has 2 atom stereocenters. The second-order valence-corrected chi connectivity index (χ2v) is 6.72. The van der Waals surface area contributed by atoms with E-state index in [1.54, 1.807) is 6.92 Å². The van der Waals surface area contributed by atoms with Crippen molar-refractivity contribution < 1.29 is 23.4 Å². The molecule has 1 saturated heterocycles. The van der Waals surface area contributed by atoms with Crippen molar-refractivity contribution in [1.29, 1.82) is 0 Å². The molecule has 0 aliphatic carbocycles. The predicted molar refractivity (Wildman–Crippen MR) is 82.5 cm³/mol. The van der Waals surface area contributed by atoms with Crippen LogP contribution >= 0.6 is 11.8 Å². The first-order valence-electron chi connectivity index (χ1n) is 7.38. The zero-order valence-corrected chi connectivity index (χ0v) is 13.4. The van der Waals surface area contributed by atoms with Crippen LogP contribution in [0.5, 0.6) is 0 Å². The van der Waals surface area contributed by atoms with E-state index in [2.05, 4.69) is 0 Å². The molecule has 0 spiro atoms. The number of β-amino-alcohol motifs (C(OH)–C–C–N with tert-alkyl or cyclic N) is 1. The summed E-state index contributed by atoms with van der Waals surface area (Å²) in [6.45, 7) is 2.35. The summed E-state index contributed by atoms with van der Waals surface area (Å²) in [4.78, 5) is 14.6. The van der Waals surface area contributed by atoms with Crippen LogP contribution in [-0.4, -0.2) is 40.9 Å². The maximum Gasteiger partial charge on any atom is 0.264 e. The van der Waals surface area contributed by atoms with Gasteiger partial charge in [0.25, 0.3) is 5.91 Å². The van der Waals surface area contributed by atoms with Crippen LogP contribution in [0.2, 0.25) is 0 Å². The topological polar surface area (TPSA) is 49.8 Å². The minimum absolute atomic E-state index is 0.0925. The van der Waals surface area contributed by atoms with Crippen LogP contribution < -0.4 is 0 Å². The van der Waals surface area contributed by atoms with E-state index in [1.807, 2.05) is 0 Å². The summed E-state index contributed by atoms with van der Waals surface area (Å²) in [6, 6.07) is 2.48. The van der Waals surface area contributed by atoms with Gasteiger partial charge in [0.1, 0.15) is 22.3 Å². The standard InChI is InChI=1S/C16H17F2NO3S/c1-9-15(23-5-4-22-9)16(21)19-8-11(20)7-14(19)12-6-10(17)2-3-13(12)18/h2-3,6,11,14,20H,4-5,7-8H2,1H3/t11-,14+/m0/s1. The quantitative estimate of drug-likeness (QED) is 0.898. The number of allylic oxidation sites excluding steroid dienone is 1. The maximum atomic E-state index is 14.1. The minimum Gasteiger partial charge on any atom is -0.496 e. The molecule has 1 aromatic carbocycles. The molecule has 0 unspecified atom stereocenters. The summed E-state index contributed by atoms with van der Waals surface area (Å²) in [7, 11) is 0. The number of hydrogen-bond donors (Lipinski definition) is 1. The molecule has 1 aromatic rings. The SMILES string of the molecule is CC1=C(C(=O)N2C[C@@H](O)C[C@@H]2c2cc(F)ccc2F)SCCO1. The molecular formula is C16H17F2NO3S. The molecule has 1 amide bonds. The average molecular weight is 341 g/mol. The van der Waals surface area contributed by atoms with Crippen molar-refractivity contribution in [3.8, 4) is 0 Å². The molecule has 2 aliphatic heterocycles. The van der Waals surface area contributed by atoms with E-state index < -0.39 is 23.8 Å². The van der Waals surface area contributed by atoms with Crippen LogP contribution in [0.3, 0.4) is 0 Å². The lowest BCUT2D eigenvalue weighted by Gasteiger charge is -2.28. The minimum atomic E-state index is -0.762. The Balaban J connectivity index is 1.94. The number of aliphatic hydroxyl groups excluding tert-OH is 1. The third-order valence-corrected chi connectivity index (χ3v) is 5.14. The van der Waals surface area contributed by atoms with E-state index in [-0.39, 0.29) is 24.4 Å². The third-order valence-electron chi connectivity index (χ3n) is 4.02. The van der Waals surface area contributed by atoms with Crippen LogP contribution in [-0.2, 0) is 9.53 Å². The van der Waals surface area contributed by atoms with Crippen molar-refractivity contribution in [3.05, 3.63) is 46.1 Å². The van der Waals surface area contributed by atoms with Crippen LogP contribution in [0, 0.1) is 11.6 Å². The Labute approximate surface area is 137 Å². The summed E-state index contributed by atoms with van der Waals surface area (Å²) in [5.74, 6) is -0.264. The average Bonchev–Trinajstić information content (AvgIpc) is 2.91. The van der Waals surface area contributed by atoms with Gasteiger partial charge in [-0.05, 0) is 31.5 Å². The third kappa shape index (κ3) is 3.21. The van der Waals surface area contributed by atoms with Crippen molar-refractivity contribution in [2.24, 2.45) is 0 Å². The number of amides is 1. The molecule has 0 saturated carbocycles. The van der Waals surface area contributed by atoms with Crippen LogP contribution in [0.15, 0.2) is 28.9 Å². The van der Waals surface area contributed by atoms with Gasteiger partial charge in [-0.25, -0.2) is 8.78 Å². The second-order valence-electron chi connectivity index (χ2n) is 5.61. The fourth-order valence-corrected chi connectivity index (χ4v) is 3.83. The normalized spacial score (nSPS) is 24.8. The van der Waals surface area contributed by atoms with Gasteiger partial charge >= 0.3 is 0 Å². The molecule has 124 valence electrons. The molecule has 0 radical (unpaired) electrons. The number of carbonyl (C=O) groups is 1. The lowest BCUT2D eigenvalue weighted by Crippen LogP contribution is -2.34. The number of halogens is 2. The van der Waals surface area contributed by atoms with Gasteiger partial charge in [-0.15, -0.1) is 11.8 Å². The molecule has 7 heteroatoms. The van der Waals surface area contributed by atoms with Crippen LogP contribution in [0.4, 0.5) is 8.78 Å². The molecule has 2 aliphatic rings. The van der Waals surface area contributed by atoms with E-state index in [0.717, 1.165) is 18.2 Å². The highest BCUT2D eigenvalue weighted by molar-refractivity contribution is 8.04. The second kappa shape index (κ2) is 6.49. The first-order valence-corrected chi connectivity index (χ1v) is 8.36. The monoisotopic (exact) mass is 341 g/mol. The number of carbonyl (C=O) groups excluding carboxylic acids is 1. The number of benzene rings is 1. The molecule has 3 rings (SSSR count). The zero-order valence-electron chi connectivity index (χ0n) is 12.6. The Morgan fingerprint density at radius 1 is 1.43 bits per heavy atom. The fourth-order valence-electron chi connectivity index (χ4n) is 2.95. The van der Waals surface area contributed by atoms with Gasteiger partial charge in [-0.1, -0.05) is 0 Å². The Bertz CT molecular complexity index is 665. The van der Waals surface area contributed by atoms with Gasteiger partial charge in [0, 0.05) is 17.9 Å². The Hall–Kier alpha value is -1.60. The molecule has 2 heterocycles. The first-order chi connectivity index (χ1) is 11.0. The van der Waals surface area contributed by atoms with Gasteiger partial charge < -0.3 is 14.7 Å². The first kappa shape index (κ1) is 16.3. The van der Waals surface area contributed by atoms with Crippen molar-refractivity contribution in [1.82, 2.24) is 4.90 Å². The number of nitrogens with zero attached hydrogens (tertiary/aromatic N) is 1. The van der Waals surface area contributed by atoms with E-state index in [4.69, 9.17) is 4.74 Å². The number of thioether (sulfide) groups is 1. The summed E-state index contributed by atoms with van der Waals surface area (Å²) in [5, 5.41) is 9.94. The smallest absolute Gasteiger partial charge is 0.264 e. The van der Waals surface area contributed by atoms with Crippen molar-refractivity contribution in [2.45, 2.75) is 25.5 Å². The number of likely N-dealkylation sites (tertiary alicyclic amines) is 1. The number of hydrogen-bond acceptors (Lipinski definition) is 4. The van der Waals surface area contributed by atoms with Crippen LogP contribution in [0.25, 0.3) is 0 Å². The van der Waals surface area contributed by atoms with Gasteiger partial charge in [-0.3, -0.25) is 4.79 Å².